The highest BCUT2D eigenvalue weighted by atomic mass is 35.5. The van der Waals surface area contributed by atoms with Gasteiger partial charge < -0.3 is 9.47 Å². The third-order valence-corrected chi connectivity index (χ3v) is 2.31. The molecule has 0 saturated heterocycles. The first kappa shape index (κ1) is 12.8. The van der Waals surface area contributed by atoms with E-state index in [0.717, 1.165) is 19.3 Å². The fraction of sp³-hybridized carbons (Fsp3) is 0.417. The van der Waals surface area contributed by atoms with Crippen LogP contribution in [0, 0.1) is 0 Å². The van der Waals surface area contributed by atoms with Crippen LogP contribution < -0.4 is 4.74 Å². The first-order valence-electron chi connectivity index (χ1n) is 5.33. The minimum absolute atomic E-state index is 0.324. The molecule has 1 rings (SSSR count). The summed E-state index contributed by atoms with van der Waals surface area (Å²) in [6.07, 6.45) is 2.28. The lowest BCUT2D eigenvalue weighted by atomic mass is 10.3. The van der Waals surface area contributed by atoms with Crippen LogP contribution in [-0.4, -0.2) is 12.8 Å². The van der Waals surface area contributed by atoms with Gasteiger partial charge in [-0.05, 0) is 18.6 Å². The molecule has 4 heteroatoms. The van der Waals surface area contributed by atoms with Gasteiger partial charge in [0.25, 0.3) is 0 Å². The van der Waals surface area contributed by atoms with Crippen molar-refractivity contribution < 1.29 is 14.3 Å². The molecular formula is C12H15ClO3. The Morgan fingerprint density at radius 2 is 2.06 bits per heavy atom. The molecule has 0 aliphatic carbocycles. The lowest BCUT2D eigenvalue weighted by Crippen LogP contribution is -2.11. The number of rotatable bonds is 5. The van der Waals surface area contributed by atoms with E-state index >= 15 is 0 Å². The van der Waals surface area contributed by atoms with E-state index in [2.05, 4.69) is 6.92 Å². The summed E-state index contributed by atoms with van der Waals surface area (Å²) in [5.74, 6) is 0.324. The third kappa shape index (κ3) is 4.53. The van der Waals surface area contributed by atoms with Crippen molar-refractivity contribution in [2.45, 2.75) is 26.2 Å². The molecule has 0 fully saturated rings. The maximum Gasteiger partial charge on any atom is 0.513 e. The smallest absolute Gasteiger partial charge is 0.434 e. The average molecular weight is 243 g/mol. The van der Waals surface area contributed by atoms with Crippen molar-refractivity contribution in [3.63, 3.8) is 0 Å². The fourth-order valence-electron chi connectivity index (χ4n) is 1.15. The zero-order chi connectivity index (χ0) is 11.8. The summed E-state index contributed by atoms with van der Waals surface area (Å²) in [5, 5.41) is 0.396. The molecule has 3 nitrogen and oxygen atoms in total. The van der Waals surface area contributed by atoms with Gasteiger partial charge in [-0.3, -0.25) is 0 Å². The first-order chi connectivity index (χ1) is 7.74. The standard InChI is InChI=1S/C12H15ClO3/c1-2-3-6-9-15-12(14)16-11-8-5-4-7-10(11)13/h4-5,7-8H,2-3,6,9H2,1H3. The predicted molar refractivity (Wildman–Crippen MR) is 63.0 cm³/mol. The molecular weight excluding hydrogens is 228 g/mol. The van der Waals surface area contributed by atoms with E-state index in [9.17, 15) is 4.79 Å². The normalized spacial score (nSPS) is 9.88. The Morgan fingerprint density at radius 1 is 1.31 bits per heavy atom. The molecule has 0 N–H and O–H groups in total. The number of benzene rings is 1. The predicted octanol–water partition coefficient (Wildman–Crippen LogP) is 4.05. The molecule has 0 unspecified atom stereocenters. The highest BCUT2D eigenvalue weighted by Gasteiger charge is 2.08. The molecule has 0 spiro atoms. The number of halogens is 1. The maximum atomic E-state index is 11.2. The lowest BCUT2D eigenvalue weighted by molar-refractivity contribution is 0.0974. The second-order valence-corrected chi connectivity index (χ2v) is 3.75. The second kappa shape index (κ2) is 7.12. The molecule has 88 valence electrons. The van der Waals surface area contributed by atoms with Crippen LogP contribution >= 0.6 is 11.6 Å². The monoisotopic (exact) mass is 242 g/mol. The zero-order valence-electron chi connectivity index (χ0n) is 9.24. The number of ether oxygens (including phenoxy) is 2. The van der Waals surface area contributed by atoms with Gasteiger partial charge in [-0.15, -0.1) is 0 Å². The molecule has 0 aliphatic heterocycles. The second-order valence-electron chi connectivity index (χ2n) is 3.34. The lowest BCUT2D eigenvalue weighted by Gasteiger charge is -2.06. The number of hydrogen-bond donors (Lipinski definition) is 0. The Hall–Kier alpha value is -1.22. The summed E-state index contributed by atoms with van der Waals surface area (Å²) in [5.41, 5.74) is 0. The molecule has 1 aromatic rings. The molecule has 0 saturated carbocycles. The van der Waals surface area contributed by atoms with Crippen LogP contribution in [-0.2, 0) is 4.74 Å². The molecule has 0 aromatic heterocycles. The van der Waals surface area contributed by atoms with E-state index < -0.39 is 6.16 Å². The van der Waals surface area contributed by atoms with E-state index in [4.69, 9.17) is 21.1 Å². The minimum Gasteiger partial charge on any atom is -0.434 e. The van der Waals surface area contributed by atoms with E-state index in [0.29, 0.717) is 17.4 Å². The van der Waals surface area contributed by atoms with E-state index in [-0.39, 0.29) is 0 Å². The summed E-state index contributed by atoms with van der Waals surface area (Å²) >= 11 is 5.82. The third-order valence-electron chi connectivity index (χ3n) is 2.00. The first-order valence-corrected chi connectivity index (χ1v) is 5.71. The van der Waals surface area contributed by atoms with Gasteiger partial charge in [0.15, 0.2) is 5.75 Å². The highest BCUT2D eigenvalue weighted by molar-refractivity contribution is 6.32. The van der Waals surface area contributed by atoms with Crippen molar-refractivity contribution in [2.24, 2.45) is 0 Å². The topological polar surface area (TPSA) is 35.5 Å². The van der Waals surface area contributed by atoms with Gasteiger partial charge >= 0.3 is 6.16 Å². The van der Waals surface area contributed by atoms with Crippen LogP contribution in [0.5, 0.6) is 5.75 Å². The van der Waals surface area contributed by atoms with Gasteiger partial charge in [0.1, 0.15) is 0 Å². The number of carbonyl (C=O) groups excluding carboxylic acids is 1. The van der Waals surface area contributed by atoms with Gasteiger partial charge in [0.05, 0.1) is 11.6 Å². The number of para-hydroxylation sites is 1. The van der Waals surface area contributed by atoms with Crippen LogP contribution in [0.4, 0.5) is 4.79 Å². The molecule has 0 radical (unpaired) electrons. The zero-order valence-corrected chi connectivity index (χ0v) is 10.00. The fourth-order valence-corrected chi connectivity index (χ4v) is 1.33. The van der Waals surface area contributed by atoms with Crippen LogP contribution in [0.2, 0.25) is 5.02 Å². The molecule has 0 amide bonds. The minimum atomic E-state index is -0.704. The number of hydrogen-bond acceptors (Lipinski definition) is 3. The van der Waals surface area contributed by atoms with Crippen molar-refractivity contribution >= 4 is 17.8 Å². The van der Waals surface area contributed by atoms with Crippen molar-refractivity contribution in [2.75, 3.05) is 6.61 Å². The molecule has 1 aromatic carbocycles. The van der Waals surface area contributed by atoms with Crippen molar-refractivity contribution in [3.8, 4) is 5.75 Å². The summed E-state index contributed by atoms with van der Waals surface area (Å²) < 4.78 is 9.82. The van der Waals surface area contributed by atoms with Gasteiger partial charge in [-0.1, -0.05) is 43.5 Å². The van der Waals surface area contributed by atoms with Gasteiger partial charge in [-0.2, -0.15) is 0 Å². The molecule has 16 heavy (non-hydrogen) atoms. The van der Waals surface area contributed by atoms with Gasteiger partial charge in [-0.25, -0.2) is 4.79 Å². The van der Waals surface area contributed by atoms with E-state index in [1.165, 1.54) is 0 Å². The van der Waals surface area contributed by atoms with Crippen LogP contribution in [0.15, 0.2) is 24.3 Å². The Balaban J connectivity index is 2.32. The highest BCUT2D eigenvalue weighted by Crippen LogP contribution is 2.23. The van der Waals surface area contributed by atoms with E-state index in [1.54, 1.807) is 24.3 Å². The Kier molecular flexibility index (Phi) is 5.72. The average Bonchev–Trinajstić information content (AvgIpc) is 2.28. The molecule has 0 aliphatic rings. The summed E-state index contributed by atoms with van der Waals surface area (Å²) in [4.78, 5) is 11.2. The Labute approximate surface area is 100 Å². The quantitative estimate of drug-likeness (QED) is 0.444. The van der Waals surface area contributed by atoms with Crippen molar-refractivity contribution in [1.29, 1.82) is 0 Å². The molecule has 0 atom stereocenters. The summed E-state index contributed by atoms with van der Waals surface area (Å²) in [7, 11) is 0. The van der Waals surface area contributed by atoms with Crippen molar-refractivity contribution in [3.05, 3.63) is 29.3 Å². The van der Waals surface area contributed by atoms with Crippen LogP contribution in [0.3, 0.4) is 0 Å². The van der Waals surface area contributed by atoms with Gasteiger partial charge in [0, 0.05) is 0 Å². The largest absolute Gasteiger partial charge is 0.513 e. The molecule has 0 bridgehead atoms. The summed E-state index contributed by atoms with van der Waals surface area (Å²) in [6, 6.07) is 6.78. The van der Waals surface area contributed by atoms with Gasteiger partial charge in [0.2, 0.25) is 0 Å². The van der Waals surface area contributed by atoms with Crippen LogP contribution in [0.1, 0.15) is 26.2 Å². The molecule has 0 heterocycles. The van der Waals surface area contributed by atoms with Crippen LogP contribution in [0.25, 0.3) is 0 Å². The summed E-state index contributed by atoms with van der Waals surface area (Å²) in [6.45, 7) is 2.47. The van der Waals surface area contributed by atoms with E-state index in [1.807, 2.05) is 0 Å². The maximum absolute atomic E-state index is 11.2. The number of carbonyl (C=O) groups is 1. The SMILES string of the molecule is CCCCCOC(=O)Oc1ccccc1Cl. The Bertz CT molecular complexity index is 339. The Morgan fingerprint density at radius 3 is 2.75 bits per heavy atom. The van der Waals surface area contributed by atoms with Crippen molar-refractivity contribution in [1.82, 2.24) is 0 Å². The number of unbranched alkanes of at least 4 members (excludes halogenated alkanes) is 2.